The highest BCUT2D eigenvalue weighted by Gasteiger charge is 2.27. The molecule has 3 rings (SSSR count). The van der Waals surface area contributed by atoms with Gasteiger partial charge in [0.2, 0.25) is 10.0 Å². The summed E-state index contributed by atoms with van der Waals surface area (Å²) in [6.45, 7) is 7.06. The van der Waals surface area contributed by atoms with E-state index in [1.165, 1.54) is 10.4 Å². The summed E-state index contributed by atoms with van der Waals surface area (Å²) in [5.74, 6) is 0.686. The molecule has 0 saturated carbocycles. The zero-order valence-corrected chi connectivity index (χ0v) is 18.8. The maximum Gasteiger partial charge on any atom is 0.243 e. The zero-order valence-electron chi connectivity index (χ0n) is 17.1. The molecule has 0 amide bonds. The molecule has 8 heteroatoms. The van der Waals surface area contributed by atoms with Crippen LogP contribution in [0, 0.1) is 6.92 Å². The molecule has 1 aromatic carbocycles. The molecule has 1 aromatic heterocycles. The highest BCUT2D eigenvalue weighted by Crippen LogP contribution is 2.24. The molecule has 1 fully saturated rings. The Morgan fingerprint density at radius 1 is 1.14 bits per heavy atom. The van der Waals surface area contributed by atoms with Gasteiger partial charge in [0.05, 0.1) is 18.0 Å². The highest BCUT2D eigenvalue weighted by atomic mass is 32.2. The molecular weight excluding hydrogens is 404 g/mol. The van der Waals surface area contributed by atoms with Gasteiger partial charge in [-0.3, -0.25) is 0 Å². The Bertz CT molecular complexity index is 932. The lowest BCUT2D eigenvalue weighted by molar-refractivity contribution is 0.346. The molecule has 6 nitrogen and oxygen atoms in total. The minimum absolute atomic E-state index is 0.308. The van der Waals surface area contributed by atoms with Gasteiger partial charge in [-0.1, -0.05) is 24.6 Å². The Morgan fingerprint density at radius 2 is 1.90 bits per heavy atom. The summed E-state index contributed by atoms with van der Waals surface area (Å²) in [7, 11) is -3.48. The maximum atomic E-state index is 13.1. The Morgan fingerprint density at radius 3 is 2.59 bits per heavy atom. The third-order valence-electron chi connectivity index (χ3n) is 5.04. The number of aliphatic imine (C=N–C) groups is 1. The quantitative estimate of drug-likeness (QED) is 0.517. The number of thiophene rings is 1. The number of piperidine rings is 1. The molecule has 29 heavy (non-hydrogen) atoms. The molecule has 1 saturated heterocycles. The van der Waals surface area contributed by atoms with E-state index in [4.69, 9.17) is 0 Å². The third kappa shape index (κ3) is 5.58. The summed E-state index contributed by atoms with van der Waals surface area (Å²) in [5.41, 5.74) is 1.99. The SMILES string of the molecule is CCNC(=NCc1ccccc1S(=O)(=O)N1CCCCC1)NCc1sccc1C. The van der Waals surface area contributed by atoms with Gasteiger partial charge in [-0.15, -0.1) is 11.3 Å². The molecule has 0 radical (unpaired) electrons. The predicted molar refractivity (Wildman–Crippen MR) is 120 cm³/mol. The monoisotopic (exact) mass is 434 g/mol. The molecule has 2 heterocycles. The second kappa shape index (κ2) is 10.2. The molecule has 2 aromatic rings. The van der Waals surface area contributed by atoms with Gasteiger partial charge in [-0.25, -0.2) is 13.4 Å². The first-order valence-electron chi connectivity index (χ1n) is 10.2. The van der Waals surface area contributed by atoms with Gasteiger partial charge in [0.1, 0.15) is 0 Å². The van der Waals surface area contributed by atoms with Gasteiger partial charge in [0.25, 0.3) is 0 Å². The topological polar surface area (TPSA) is 73.8 Å². The van der Waals surface area contributed by atoms with E-state index >= 15 is 0 Å². The fourth-order valence-corrected chi connectivity index (χ4v) is 5.96. The summed E-state index contributed by atoms with van der Waals surface area (Å²) >= 11 is 1.72. The zero-order chi connectivity index (χ0) is 20.7. The molecule has 0 unspecified atom stereocenters. The van der Waals surface area contributed by atoms with Gasteiger partial charge >= 0.3 is 0 Å². The maximum absolute atomic E-state index is 13.1. The molecule has 2 N–H and O–H groups in total. The van der Waals surface area contributed by atoms with Crippen LogP contribution in [0.1, 0.15) is 42.2 Å². The van der Waals surface area contributed by atoms with Gasteiger partial charge in [0, 0.05) is 24.5 Å². The molecule has 158 valence electrons. The number of benzene rings is 1. The number of nitrogens with one attached hydrogen (secondary N) is 2. The van der Waals surface area contributed by atoms with E-state index in [1.807, 2.05) is 19.1 Å². The summed E-state index contributed by atoms with van der Waals surface area (Å²) in [6.07, 6.45) is 2.95. The number of hydrogen-bond acceptors (Lipinski definition) is 4. The first-order valence-corrected chi connectivity index (χ1v) is 12.5. The minimum Gasteiger partial charge on any atom is -0.357 e. The van der Waals surface area contributed by atoms with Crippen LogP contribution in [-0.2, 0) is 23.1 Å². The van der Waals surface area contributed by atoms with E-state index in [2.05, 4.69) is 34.0 Å². The van der Waals surface area contributed by atoms with Crippen molar-refractivity contribution < 1.29 is 8.42 Å². The van der Waals surface area contributed by atoms with Crippen LogP contribution in [0.3, 0.4) is 0 Å². The molecule has 0 atom stereocenters. The van der Waals surface area contributed by atoms with Crippen LogP contribution in [0.4, 0.5) is 0 Å². The summed E-state index contributed by atoms with van der Waals surface area (Å²) < 4.78 is 27.9. The number of hydrogen-bond donors (Lipinski definition) is 2. The Kier molecular flexibility index (Phi) is 7.69. The Hall–Kier alpha value is -1.90. The van der Waals surface area contributed by atoms with E-state index < -0.39 is 10.0 Å². The second-order valence-electron chi connectivity index (χ2n) is 7.15. The van der Waals surface area contributed by atoms with Crippen molar-refractivity contribution in [2.45, 2.75) is 51.1 Å². The summed E-state index contributed by atoms with van der Waals surface area (Å²) in [6, 6.07) is 9.31. The van der Waals surface area contributed by atoms with E-state index in [0.29, 0.717) is 37.0 Å². The van der Waals surface area contributed by atoms with E-state index in [0.717, 1.165) is 31.4 Å². The van der Waals surface area contributed by atoms with Crippen LogP contribution in [0.5, 0.6) is 0 Å². The molecule has 0 spiro atoms. The van der Waals surface area contributed by atoms with Crippen LogP contribution in [-0.4, -0.2) is 38.3 Å². The number of nitrogens with zero attached hydrogens (tertiary/aromatic N) is 2. The smallest absolute Gasteiger partial charge is 0.243 e. The lowest BCUT2D eigenvalue weighted by Crippen LogP contribution is -2.37. The number of rotatable bonds is 7. The second-order valence-corrected chi connectivity index (χ2v) is 10.1. The lowest BCUT2D eigenvalue weighted by atomic mass is 10.2. The first kappa shape index (κ1) is 21.8. The largest absolute Gasteiger partial charge is 0.357 e. The molecular formula is C21H30N4O2S2. The van der Waals surface area contributed by atoms with Crippen molar-refractivity contribution >= 4 is 27.3 Å². The summed E-state index contributed by atoms with van der Waals surface area (Å²) in [5, 5.41) is 8.67. The van der Waals surface area contributed by atoms with Crippen molar-refractivity contribution in [3.05, 3.63) is 51.7 Å². The average Bonchev–Trinajstić information content (AvgIpc) is 3.15. The standard InChI is InChI=1S/C21H30N4O2S2/c1-3-22-21(24-16-19-17(2)11-14-28-19)23-15-18-9-5-6-10-20(18)29(26,27)25-12-7-4-8-13-25/h5-6,9-11,14H,3-4,7-8,12-13,15-16H2,1-2H3,(H2,22,23,24). The average molecular weight is 435 g/mol. The van der Waals surface area contributed by atoms with E-state index in [1.54, 1.807) is 27.8 Å². The number of guanidine groups is 1. The van der Waals surface area contributed by atoms with Crippen LogP contribution in [0.15, 0.2) is 45.6 Å². The van der Waals surface area contributed by atoms with Crippen molar-refractivity contribution in [1.82, 2.24) is 14.9 Å². The van der Waals surface area contributed by atoms with Crippen LogP contribution in [0.2, 0.25) is 0 Å². The van der Waals surface area contributed by atoms with Crippen molar-refractivity contribution in [1.29, 1.82) is 0 Å². The normalized spacial score (nSPS) is 16.0. The first-order chi connectivity index (χ1) is 14.0. The van der Waals surface area contributed by atoms with Gasteiger partial charge in [0.15, 0.2) is 5.96 Å². The minimum atomic E-state index is -3.48. The van der Waals surface area contributed by atoms with Gasteiger partial charge in [-0.2, -0.15) is 4.31 Å². The fourth-order valence-electron chi connectivity index (χ4n) is 3.39. The Labute approximate surface area is 178 Å². The Balaban J connectivity index is 1.76. The fraction of sp³-hybridized carbons (Fsp3) is 0.476. The molecule has 1 aliphatic heterocycles. The molecule has 0 aliphatic carbocycles. The highest BCUT2D eigenvalue weighted by molar-refractivity contribution is 7.89. The lowest BCUT2D eigenvalue weighted by Gasteiger charge is -2.26. The van der Waals surface area contributed by atoms with Crippen molar-refractivity contribution in [3.8, 4) is 0 Å². The van der Waals surface area contributed by atoms with Crippen LogP contribution >= 0.6 is 11.3 Å². The number of sulfonamides is 1. The van der Waals surface area contributed by atoms with E-state index in [9.17, 15) is 8.42 Å². The van der Waals surface area contributed by atoms with Crippen LogP contribution in [0.25, 0.3) is 0 Å². The van der Waals surface area contributed by atoms with Crippen molar-refractivity contribution in [2.75, 3.05) is 19.6 Å². The van der Waals surface area contributed by atoms with Crippen molar-refractivity contribution in [3.63, 3.8) is 0 Å². The van der Waals surface area contributed by atoms with Gasteiger partial charge < -0.3 is 10.6 Å². The third-order valence-corrected chi connectivity index (χ3v) is 8.06. The van der Waals surface area contributed by atoms with Crippen molar-refractivity contribution in [2.24, 2.45) is 4.99 Å². The summed E-state index contributed by atoms with van der Waals surface area (Å²) in [4.78, 5) is 6.29. The van der Waals surface area contributed by atoms with Crippen LogP contribution < -0.4 is 10.6 Å². The number of aryl methyl sites for hydroxylation is 1. The molecule has 0 bridgehead atoms. The van der Waals surface area contributed by atoms with E-state index in [-0.39, 0.29) is 0 Å². The molecule has 1 aliphatic rings. The predicted octanol–water partition coefficient (Wildman–Crippen LogP) is 3.49. The van der Waals surface area contributed by atoms with Gasteiger partial charge in [-0.05, 0) is 55.3 Å².